The van der Waals surface area contributed by atoms with Crippen molar-refractivity contribution < 1.29 is 15.0 Å². The van der Waals surface area contributed by atoms with Gasteiger partial charge in [0.05, 0.1) is 12.5 Å². The quantitative estimate of drug-likeness (QED) is 0.536. The maximum absolute atomic E-state index is 10.2. The molecule has 5 heteroatoms. The largest absolute Gasteiger partial charge is 0.481 e. The number of nitrogens with one attached hydrogen (secondary N) is 1. The smallest absolute Gasteiger partial charge is 0.303 e. The number of aliphatic hydroxyl groups excluding tert-OH is 1. The monoisotopic (exact) mass is 181 g/mol. The van der Waals surface area contributed by atoms with Crippen molar-refractivity contribution in [2.45, 2.75) is 12.5 Å². The van der Waals surface area contributed by atoms with Gasteiger partial charge in [0.25, 0.3) is 0 Å². The number of hydrogen-bond acceptors (Lipinski definition) is 3. The second-order valence-corrected chi connectivity index (χ2v) is 2.58. The summed E-state index contributed by atoms with van der Waals surface area (Å²) < 4.78 is 0. The topological polar surface area (TPSA) is 69.6 Å². The van der Waals surface area contributed by atoms with E-state index in [4.69, 9.17) is 10.2 Å². The maximum atomic E-state index is 10.2. The van der Waals surface area contributed by atoms with E-state index in [1.807, 2.05) is 0 Å². The number of aliphatic hydroxyl groups is 1. The van der Waals surface area contributed by atoms with E-state index >= 15 is 0 Å². The molecule has 0 radical (unpaired) electrons. The Morgan fingerprint density at radius 3 is 2.55 bits per heavy atom. The van der Waals surface area contributed by atoms with Crippen LogP contribution in [0.1, 0.15) is 6.42 Å². The predicted octanol–water partition coefficient (Wildman–Crippen LogP) is -0.537. The minimum Gasteiger partial charge on any atom is -0.481 e. The van der Waals surface area contributed by atoms with Gasteiger partial charge in [-0.25, -0.2) is 0 Å². The number of carboxylic acids is 1. The van der Waals surface area contributed by atoms with Crippen LogP contribution in [-0.4, -0.2) is 35.4 Å². The number of carboxylic acid groups (broad SMARTS) is 1. The summed E-state index contributed by atoms with van der Waals surface area (Å²) in [5.41, 5.74) is 0. The Kier molecular flexibility index (Phi) is 4.40. The van der Waals surface area contributed by atoms with E-state index in [2.05, 4.69) is 5.32 Å². The zero-order valence-electron chi connectivity index (χ0n) is 5.99. The Bertz CT molecular complexity index is 142. The number of aliphatic carboxylic acids is 1. The van der Waals surface area contributed by atoms with Gasteiger partial charge in [0.15, 0.2) is 0 Å². The highest BCUT2D eigenvalue weighted by atomic mass is 35.5. The molecule has 0 bridgehead atoms. The Hall–Kier alpha value is -0.320. The van der Waals surface area contributed by atoms with E-state index in [1.165, 1.54) is 0 Å². The second kappa shape index (κ2) is 4.54. The summed E-state index contributed by atoms with van der Waals surface area (Å²) in [5, 5.41) is 20.4. The van der Waals surface area contributed by atoms with Gasteiger partial charge in [-0.15, -0.1) is 12.4 Å². The van der Waals surface area contributed by atoms with Gasteiger partial charge in [-0.05, 0) is 0 Å². The molecule has 2 atom stereocenters. The molecule has 3 N–H and O–H groups in total. The van der Waals surface area contributed by atoms with E-state index in [0.717, 1.165) is 0 Å². The summed E-state index contributed by atoms with van der Waals surface area (Å²) in [7, 11) is 0. The van der Waals surface area contributed by atoms with Crippen molar-refractivity contribution in [3.63, 3.8) is 0 Å². The summed E-state index contributed by atoms with van der Waals surface area (Å²) >= 11 is 0. The van der Waals surface area contributed by atoms with Gasteiger partial charge in [-0.1, -0.05) is 0 Å². The summed E-state index contributed by atoms with van der Waals surface area (Å²) in [6.07, 6.45) is -0.412. The molecule has 0 aliphatic carbocycles. The standard InChI is InChI=1S/C6H11NO3.ClH/c8-5-3-7-2-4(5)1-6(9)10;/h4-5,7-8H,1-3H2,(H,9,10);1H/t4-,5-;/m1./s1. The van der Waals surface area contributed by atoms with E-state index in [-0.39, 0.29) is 24.7 Å². The van der Waals surface area contributed by atoms with Crippen molar-refractivity contribution >= 4 is 18.4 Å². The molecule has 1 aliphatic heterocycles. The number of halogens is 1. The van der Waals surface area contributed by atoms with Crippen molar-refractivity contribution in [3.8, 4) is 0 Å². The van der Waals surface area contributed by atoms with Crippen molar-refractivity contribution in [1.82, 2.24) is 5.32 Å². The van der Waals surface area contributed by atoms with Crippen molar-refractivity contribution in [2.75, 3.05) is 13.1 Å². The molecule has 0 unspecified atom stereocenters. The molecule has 0 aromatic rings. The molecular weight excluding hydrogens is 170 g/mol. The van der Waals surface area contributed by atoms with Gasteiger partial charge >= 0.3 is 5.97 Å². The number of β-amino-alcohol motifs (C(OH)–C–C–N with tert-alkyl or cyclic N) is 1. The zero-order valence-corrected chi connectivity index (χ0v) is 6.80. The van der Waals surface area contributed by atoms with Crippen LogP contribution in [-0.2, 0) is 4.79 Å². The van der Waals surface area contributed by atoms with Crippen molar-refractivity contribution in [3.05, 3.63) is 0 Å². The van der Waals surface area contributed by atoms with Gasteiger partial charge in [-0.2, -0.15) is 0 Å². The third kappa shape index (κ3) is 3.05. The van der Waals surface area contributed by atoms with Gasteiger partial charge in [0, 0.05) is 19.0 Å². The average Bonchev–Trinajstić information content (AvgIpc) is 2.15. The SMILES string of the molecule is Cl.O=C(O)C[C@@H]1CNC[C@H]1O. The first-order valence-corrected chi connectivity index (χ1v) is 3.30. The lowest BCUT2D eigenvalue weighted by Crippen LogP contribution is -2.20. The highest BCUT2D eigenvalue weighted by Crippen LogP contribution is 2.12. The van der Waals surface area contributed by atoms with Crippen LogP contribution in [0.25, 0.3) is 0 Å². The lowest BCUT2D eigenvalue weighted by molar-refractivity contribution is -0.138. The first-order chi connectivity index (χ1) is 4.70. The summed E-state index contributed by atoms with van der Waals surface area (Å²) in [6.45, 7) is 1.14. The molecule has 66 valence electrons. The summed E-state index contributed by atoms with van der Waals surface area (Å²) in [6, 6.07) is 0. The van der Waals surface area contributed by atoms with E-state index in [1.54, 1.807) is 0 Å². The summed E-state index contributed by atoms with van der Waals surface area (Å²) in [5.74, 6) is -0.940. The van der Waals surface area contributed by atoms with E-state index in [9.17, 15) is 4.79 Å². The molecule has 0 amide bonds. The molecule has 1 saturated heterocycles. The molecular formula is C6H12ClNO3. The lowest BCUT2D eigenvalue weighted by atomic mass is 10.0. The van der Waals surface area contributed by atoms with Crippen LogP contribution in [0.3, 0.4) is 0 Å². The van der Waals surface area contributed by atoms with Gasteiger partial charge < -0.3 is 15.5 Å². The Morgan fingerprint density at radius 1 is 1.55 bits per heavy atom. The van der Waals surface area contributed by atoms with Crippen LogP contribution in [0.2, 0.25) is 0 Å². The first-order valence-electron chi connectivity index (χ1n) is 3.30. The highest BCUT2D eigenvalue weighted by Gasteiger charge is 2.26. The molecule has 0 spiro atoms. The number of hydrogen-bond donors (Lipinski definition) is 3. The average molecular weight is 182 g/mol. The van der Waals surface area contributed by atoms with Gasteiger partial charge in [0.2, 0.25) is 0 Å². The molecule has 1 rings (SSSR count). The molecule has 0 aromatic carbocycles. The Balaban J connectivity index is 0.000001000. The Morgan fingerprint density at radius 2 is 2.18 bits per heavy atom. The molecule has 1 fully saturated rings. The van der Waals surface area contributed by atoms with E-state index in [0.29, 0.717) is 13.1 Å². The van der Waals surface area contributed by atoms with Crippen LogP contribution < -0.4 is 5.32 Å². The zero-order chi connectivity index (χ0) is 7.56. The molecule has 4 nitrogen and oxygen atoms in total. The summed E-state index contributed by atoms with van der Waals surface area (Å²) in [4.78, 5) is 10.2. The van der Waals surface area contributed by atoms with Gasteiger partial charge in [-0.3, -0.25) is 4.79 Å². The fraction of sp³-hybridized carbons (Fsp3) is 0.833. The van der Waals surface area contributed by atoms with Crippen molar-refractivity contribution in [2.24, 2.45) is 5.92 Å². The van der Waals surface area contributed by atoms with Crippen LogP contribution in [0, 0.1) is 5.92 Å². The lowest BCUT2D eigenvalue weighted by Gasteiger charge is -2.08. The van der Waals surface area contributed by atoms with E-state index < -0.39 is 12.1 Å². The number of carbonyl (C=O) groups is 1. The fourth-order valence-electron chi connectivity index (χ4n) is 1.15. The highest BCUT2D eigenvalue weighted by molar-refractivity contribution is 5.85. The molecule has 0 aromatic heterocycles. The minimum absolute atomic E-state index is 0. The molecule has 0 saturated carbocycles. The fourth-order valence-corrected chi connectivity index (χ4v) is 1.15. The van der Waals surface area contributed by atoms with Crippen molar-refractivity contribution in [1.29, 1.82) is 0 Å². The van der Waals surface area contributed by atoms with Crippen LogP contribution in [0.15, 0.2) is 0 Å². The minimum atomic E-state index is -0.840. The maximum Gasteiger partial charge on any atom is 0.303 e. The third-order valence-corrected chi connectivity index (χ3v) is 1.74. The third-order valence-electron chi connectivity index (χ3n) is 1.74. The molecule has 11 heavy (non-hydrogen) atoms. The second-order valence-electron chi connectivity index (χ2n) is 2.58. The van der Waals surface area contributed by atoms with Crippen LogP contribution in [0.4, 0.5) is 0 Å². The van der Waals surface area contributed by atoms with Crippen LogP contribution >= 0.6 is 12.4 Å². The van der Waals surface area contributed by atoms with Gasteiger partial charge in [0.1, 0.15) is 0 Å². The van der Waals surface area contributed by atoms with Crippen LogP contribution in [0.5, 0.6) is 0 Å². The first kappa shape index (κ1) is 10.7. The molecule has 1 heterocycles. The Labute approximate surface area is 71.0 Å². The number of rotatable bonds is 2. The molecule has 1 aliphatic rings. The normalized spacial score (nSPS) is 29.5. The predicted molar refractivity (Wildman–Crippen MR) is 41.9 cm³/mol.